The average Bonchev–Trinajstić information content (AvgIpc) is 2.37. The van der Waals surface area contributed by atoms with E-state index in [4.69, 9.17) is 5.73 Å². The van der Waals surface area contributed by atoms with Crippen molar-refractivity contribution >= 4 is 5.95 Å². The van der Waals surface area contributed by atoms with Crippen LogP contribution in [-0.2, 0) is 0 Å². The minimum absolute atomic E-state index is 0.296. The minimum atomic E-state index is 0.296. The first-order chi connectivity index (χ1) is 9.27. The number of rotatable bonds is 2. The number of hydrogen-bond donors (Lipinski definition) is 1. The predicted octanol–water partition coefficient (Wildman–Crippen LogP) is 3.90. The second-order valence-electron chi connectivity index (χ2n) is 7.48. The summed E-state index contributed by atoms with van der Waals surface area (Å²) in [6, 6.07) is 0. The fourth-order valence-corrected chi connectivity index (χ4v) is 3.09. The third kappa shape index (κ3) is 3.47. The topological polar surface area (TPSA) is 64.7 Å². The summed E-state index contributed by atoms with van der Waals surface area (Å²) >= 11 is 0. The van der Waals surface area contributed by atoms with Gasteiger partial charge in [-0.05, 0) is 37.0 Å². The Hall–Kier alpha value is -1.19. The van der Waals surface area contributed by atoms with E-state index >= 15 is 0 Å². The van der Waals surface area contributed by atoms with Gasteiger partial charge in [-0.3, -0.25) is 0 Å². The molecule has 1 aromatic rings. The molecule has 1 aliphatic carbocycles. The van der Waals surface area contributed by atoms with E-state index in [2.05, 4.69) is 49.6 Å². The molecule has 2 rings (SSSR count). The molecule has 0 radical (unpaired) electrons. The smallest absolute Gasteiger partial charge is 0.223 e. The van der Waals surface area contributed by atoms with E-state index in [0.29, 0.717) is 23.2 Å². The maximum absolute atomic E-state index is 5.84. The Kier molecular flexibility index (Phi) is 4.31. The van der Waals surface area contributed by atoms with Gasteiger partial charge in [0.15, 0.2) is 0 Å². The molecule has 0 spiro atoms. The van der Waals surface area contributed by atoms with Crippen LogP contribution in [0.3, 0.4) is 0 Å². The Morgan fingerprint density at radius 2 is 1.60 bits per heavy atom. The molecule has 1 saturated carbocycles. The Morgan fingerprint density at radius 1 is 1.00 bits per heavy atom. The van der Waals surface area contributed by atoms with E-state index in [9.17, 15) is 0 Å². The monoisotopic (exact) mass is 276 g/mol. The van der Waals surface area contributed by atoms with Crippen molar-refractivity contribution in [3.05, 3.63) is 11.6 Å². The maximum atomic E-state index is 5.84. The predicted molar refractivity (Wildman–Crippen MR) is 82.5 cm³/mol. The molecule has 2 N–H and O–H groups in total. The average molecular weight is 276 g/mol. The summed E-state index contributed by atoms with van der Waals surface area (Å²) in [4.78, 5) is 13.3. The second kappa shape index (κ2) is 5.66. The molecular formula is C16H28N4. The highest BCUT2D eigenvalue weighted by Gasteiger charge is 2.31. The number of nitrogen functional groups attached to an aromatic ring is 1. The van der Waals surface area contributed by atoms with Gasteiger partial charge < -0.3 is 5.73 Å². The van der Waals surface area contributed by atoms with Crippen LogP contribution >= 0.6 is 0 Å². The zero-order chi connectivity index (χ0) is 14.9. The van der Waals surface area contributed by atoms with E-state index in [1.165, 1.54) is 25.7 Å². The molecular weight excluding hydrogens is 248 g/mol. The van der Waals surface area contributed by atoms with Crippen molar-refractivity contribution in [3.63, 3.8) is 0 Å². The van der Waals surface area contributed by atoms with E-state index in [0.717, 1.165) is 17.6 Å². The Labute approximate surface area is 122 Å². The summed E-state index contributed by atoms with van der Waals surface area (Å²) in [7, 11) is 0. The molecule has 0 aromatic carbocycles. The number of anilines is 1. The molecule has 0 saturated heterocycles. The summed E-state index contributed by atoms with van der Waals surface area (Å²) in [5, 5.41) is 0. The molecule has 1 fully saturated rings. The number of nitrogens with two attached hydrogens (primary N) is 1. The van der Waals surface area contributed by atoms with Gasteiger partial charge >= 0.3 is 0 Å². The third-order valence-electron chi connectivity index (χ3n) is 4.52. The minimum Gasteiger partial charge on any atom is -0.368 e. The molecule has 0 aliphatic heterocycles. The molecule has 4 heteroatoms. The Bertz CT molecular complexity index is 454. The molecule has 20 heavy (non-hydrogen) atoms. The van der Waals surface area contributed by atoms with Crippen molar-refractivity contribution in [3.8, 4) is 0 Å². The number of aromatic nitrogens is 3. The molecule has 112 valence electrons. The summed E-state index contributed by atoms with van der Waals surface area (Å²) in [5.41, 5.74) is 6.25. The van der Waals surface area contributed by atoms with Crippen LogP contribution in [0.5, 0.6) is 0 Å². The number of hydrogen-bond acceptors (Lipinski definition) is 4. The van der Waals surface area contributed by atoms with Crippen molar-refractivity contribution in [1.29, 1.82) is 0 Å². The van der Waals surface area contributed by atoms with Crippen LogP contribution in [0.4, 0.5) is 5.95 Å². The van der Waals surface area contributed by atoms with E-state index in [1.807, 2.05) is 0 Å². The highest BCUT2D eigenvalue weighted by Crippen LogP contribution is 2.42. The van der Waals surface area contributed by atoms with Crippen LogP contribution in [0.2, 0.25) is 0 Å². The highest BCUT2D eigenvalue weighted by atomic mass is 15.1. The van der Waals surface area contributed by atoms with Gasteiger partial charge in [0.1, 0.15) is 11.6 Å². The third-order valence-corrected chi connectivity index (χ3v) is 4.52. The van der Waals surface area contributed by atoms with Gasteiger partial charge in [0.25, 0.3) is 0 Å². The Balaban J connectivity index is 2.11. The summed E-state index contributed by atoms with van der Waals surface area (Å²) in [6.45, 7) is 11.2. The van der Waals surface area contributed by atoms with Crippen molar-refractivity contribution in [1.82, 2.24) is 15.0 Å². The molecule has 0 amide bonds. The lowest BCUT2D eigenvalue weighted by atomic mass is 9.70. The van der Waals surface area contributed by atoms with Crippen molar-refractivity contribution in [2.24, 2.45) is 11.3 Å². The van der Waals surface area contributed by atoms with Gasteiger partial charge in [-0.15, -0.1) is 0 Å². The molecule has 1 aliphatic rings. The van der Waals surface area contributed by atoms with E-state index in [-0.39, 0.29) is 0 Å². The summed E-state index contributed by atoms with van der Waals surface area (Å²) < 4.78 is 0. The molecule has 0 atom stereocenters. The summed E-state index contributed by atoms with van der Waals surface area (Å²) in [5.74, 6) is 3.67. The van der Waals surface area contributed by atoms with Crippen LogP contribution in [0.25, 0.3) is 0 Å². The van der Waals surface area contributed by atoms with Gasteiger partial charge in [-0.1, -0.05) is 34.6 Å². The lowest BCUT2D eigenvalue weighted by molar-refractivity contribution is 0.167. The van der Waals surface area contributed by atoms with Crippen LogP contribution in [0.1, 0.15) is 83.8 Å². The molecule has 0 unspecified atom stereocenters. The first kappa shape index (κ1) is 15.2. The van der Waals surface area contributed by atoms with Crippen molar-refractivity contribution in [2.75, 3.05) is 5.73 Å². The fraction of sp³-hybridized carbons (Fsp3) is 0.812. The highest BCUT2D eigenvalue weighted by molar-refractivity contribution is 5.19. The lowest BCUT2D eigenvalue weighted by Gasteiger charge is -2.36. The SMILES string of the molecule is CC(C)c1nc(N)nc(C2CCC(C(C)(C)C)CC2)n1. The molecule has 4 nitrogen and oxygen atoms in total. The van der Waals surface area contributed by atoms with Gasteiger partial charge in [-0.2, -0.15) is 9.97 Å². The van der Waals surface area contributed by atoms with Crippen LogP contribution in [-0.4, -0.2) is 15.0 Å². The second-order valence-corrected chi connectivity index (χ2v) is 7.48. The molecule has 1 heterocycles. The van der Waals surface area contributed by atoms with Gasteiger partial charge in [0.05, 0.1) is 0 Å². The lowest BCUT2D eigenvalue weighted by Crippen LogP contribution is -2.26. The van der Waals surface area contributed by atoms with Crippen LogP contribution < -0.4 is 5.73 Å². The van der Waals surface area contributed by atoms with E-state index in [1.54, 1.807) is 0 Å². The first-order valence-corrected chi connectivity index (χ1v) is 7.78. The zero-order valence-corrected chi connectivity index (χ0v) is 13.5. The van der Waals surface area contributed by atoms with Crippen molar-refractivity contribution in [2.45, 2.75) is 72.1 Å². The normalized spacial score (nSPS) is 24.1. The van der Waals surface area contributed by atoms with E-state index < -0.39 is 0 Å². The Morgan fingerprint density at radius 3 is 2.10 bits per heavy atom. The van der Waals surface area contributed by atoms with Gasteiger partial charge in [0, 0.05) is 11.8 Å². The van der Waals surface area contributed by atoms with Crippen LogP contribution in [0.15, 0.2) is 0 Å². The summed E-state index contributed by atoms with van der Waals surface area (Å²) in [6.07, 6.45) is 4.86. The van der Waals surface area contributed by atoms with Gasteiger partial charge in [0.2, 0.25) is 5.95 Å². The van der Waals surface area contributed by atoms with Crippen molar-refractivity contribution < 1.29 is 0 Å². The standard InChI is InChI=1S/C16H28N4/c1-10(2)13-18-14(20-15(17)19-13)11-6-8-12(9-7-11)16(3,4)5/h10-12H,6-9H2,1-5H3,(H2,17,18,19,20). The quantitative estimate of drug-likeness (QED) is 0.889. The van der Waals surface area contributed by atoms with Crippen LogP contribution in [0, 0.1) is 11.3 Å². The van der Waals surface area contributed by atoms with Gasteiger partial charge in [-0.25, -0.2) is 4.98 Å². The molecule has 0 bridgehead atoms. The largest absolute Gasteiger partial charge is 0.368 e. The zero-order valence-electron chi connectivity index (χ0n) is 13.5. The fourth-order valence-electron chi connectivity index (χ4n) is 3.09. The number of nitrogens with zero attached hydrogens (tertiary/aromatic N) is 3. The first-order valence-electron chi connectivity index (χ1n) is 7.78. The molecule has 1 aromatic heterocycles. The maximum Gasteiger partial charge on any atom is 0.223 e.